The molecule has 2 fully saturated rings. The molecule has 1 N–H and O–H groups in total. The number of carbonyl (C=O) groups excluding carboxylic acids is 1. The van der Waals surface area contributed by atoms with Crippen LogP contribution in [0.2, 0.25) is 5.02 Å². The van der Waals surface area contributed by atoms with Crippen LogP contribution in [0, 0.1) is 0 Å². The smallest absolute Gasteiger partial charge is 0.231 e. The van der Waals surface area contributed by atoms with E-state index in [1.807, 2.05) is 29.2 Å². The number of aromatic nitrogens is 2. The number of hydrogen-bond acceptors (Lipinski definition) is 8. The first-order valence-corrected chi connectivity index (χ1v) is 15.3. The SMILES string of the molecule is C[C@@H]1C[C@@H](O)c2ncnc(N3CCN(C(=O)C(CN4CCN(S(C)(=O)=O)CC4)c4ccc(Cl)cc4)CC3)c21. The lowest BCUT2D eigenvalue weighted by Crippen LogP contribution is -2.53. The molecule has 1 aromatic heterocycles. The van der Waals surface area contributed by atoms with Gasteiger partial charge in [0.25, 0.3) is 0 Å². The summed E-state index contributed by atoms with van der Waals surface area (Å²) in [5.74, 6) is 0.744. The predicted molar refractivity (Wildman–Crippen MR) is 146 cm³/mol. The Morgan fingerprint density at radius 1 is 1.05 bits per heavy atom. The summed E-state index contributed by atoms with van der Waals surface area (Å²) in [5.41, 5.74) is 2.65. The zero-order valence-corrected chi connectivity index (χ0v) is 23.4. The van der Waals surface area contributed by atoms with Gasteiger partial charge in [-0.25, -0.2) is 18.4 Å². The normalized spacial score (nSPS) is 23.9. The quantitative estimate of drug-likeness (QED) is 0.566. The van der Waals surface area contributed by atoms with Crippen LogP contribution >= 0.6 is 11.6 Å². The van der Waals surface area contributed by atoms with Crippen LogP contribution in [-0.2, 0) is 14.8 Å². The van der Waals surface area contributed by atoms with Crippen molar-refractivity contribution in [2.45, 2.75) is 31.3 Å². The van der Waals surface area contributed by atoms with E-state index in [2.05, 4.69) is 26.7 Å². The van der Waals surface area contributed by atoms with Gasteiger partial charge in [0.2, 0.25) is 15.9 Å². The van der Waals surface area contributed by atoms with Crippen molar-refractivity contribution in [3.05, 3.63) is 52.4 Å². The molecule has 5 rings (SSSR count). The number of aliphatic hydroxyl groups is 1. The highest BCUT2D eigenvalue weighted by atomic mass is 35.5. The van der Waals surface area contributed by atoms with Gasteiger partial charge in [0, 0.05) is 69.5 Å². The Morgan fingerprint density at radius 3 is 2.34 bits per heavy atom. The maximum Gasteiger partial charge on any atom is 0.231 e. The monoisotopic (exact) mass is 562 g/mol. The van der Waals surface area contributed by atoms with Gasteiger partial charge < -0.3 is 14.9 Å². The molecule has 1 amide bonds. The van der Waals surface area contributed by atoms with E-state index in [4.69, 9.17) is 11.6 Å². The maximum absolute atomic E-state index is 13.9. The van der Waals surface area contributed by atoms with Gasteiger partial charge in [-0.3, -0.25) is 9.69 Å². The van der Waals surface area contributed by atoms with E-state index in [-0.39, 0.29) is 17.7 Å². The van der Waals surface area contributed by atoms with Crippen LogP contribution in [0.4, 0.5) is 5.82 Å². The van der Waals surface area contributed by atoms with E-state index in [1.54, 1.807) is 0 Å². The van der Waals surface area contributed by atoms with Crippen LogP contribution in [0.5, 0.6) is 0 Å². The molecule has 0 saturated carbocycles. The van der Waals surface area contributed by atoms with Gasteiger partial charge in [-0.2, -0.15) is 4.31 Å². The van der Waals surface area contributed by atoms with Crippen LogP contribution in [-0.4, -0.2) is 109 Å². The van der Waals surface area contributed by atoms with Crippen LogP contribution in [0.15, 0.2) is 30.6 Å². The van der Waals surface area contributed by atoms with Crippen LogP contribution in [0.1, 0.15) is 48.1 Å². The van der Waals surface area contributed by atoms with Crippen molar-refractivity contribution in [2.24, 2.45) is 0 Å². The molecule has 2 aromatic rings. The molecule has 3 aliphatic rings. The van der Waals surface area contributed by atoms with Crippen molar-refractivity contribution in [1.82, 2.24) is 24.1 Å². The molecule has 1 aliphatic carbocycles. The van der Waals surface area contributed by atoms with E-state index < -0.39 is 16.1 Å². The number of sulfonamides is 1. The molecule has 3 heterocycles. The summed E-state index contributed by atoms with van der Waals surface area (Å²) in [4.78, 5) is 29.1. The number of hydrogen-bond donors (Lipinski definition) is 1. The Hall–Kier alpha value is -2.31. The summed E-state index contributed by atoms with van der Waals surface area (Å²) in [7, 11) is -3.22. The summed E-state index contributed by atoms with van der Waals surface area (Å²) in [6.07, 6.45) is 2.86. The van der Waals surface area contributed by atoms with E-state index in [1.165, 1.54) is 16.9 Å². The first-order chi connectivity index (χ1) is 18.1. The third-order valence-corrected chi connectivity index (χ3v) is 9.54. The highest BCUT2D eigenvalue weighted by molar-refractivity contribution is 7.88. The van der Waals surface area contributed by atoms with Crippen molar-refractivity contribution in [3.63, 3.8) is 0 Å². The van der Waals surface area contributed by atoms with E-state index >= 15 is 0 Å². The Bertz CT molecular complexity index is 1260. The Balaban J connectivity index is 1.28. The molecule has 3 atom stereocenters. The minimum Gasteiger partial charge on any atom is -0.387 e. The minimum atomic E-state index is -3.22. The van der Waals surface area contributed by atoms with Crippen LogP contribution in [0.25, 0.3) is 0 Å². The lowest BCUT2D eigenvalue weighted by Gasteiger charge is -2.39. The second kappa shape index (κ2) is 11.1. The number of rotatable bonds is 6. The van der Waals surface area contributed by atoms with Gasteiger partial charge in [0.1, 0.15) is 12.1 Å². The van der Waals surface area contributed by atoms with Gasteiger partial charge in [0.05, 0.1) is 24.0 Å². The number of aliphatic hydroxyl groups excluding tert-OH is 1. The van der Waals surface area contributed by atoms with E-state index in [9.17, 15) is 18.3 Å². The molecule has 10 nitrogen and oxygen atoms in total. The van der Waals surface area contributed by atoms with Crippen molar-refractivity contribution in [2.75, 3.05) is 70.1 Å². The maximum atomic E-state index is 13.9. The molecule has 2 saturated heterocycles. The summed E-state index contributed by atoms with van der Waals surface area (Å²) >= 11 is 6.13. The fraction of sp³-hybridized carbons (Fsp3) is 0.577. The van der Waals surface area contributed by atoms with Gasteiger partial charge in [-0.05, 0) is 30.0 Å². The molecule has 38 heavy (non-hydrogen) atoms. The number of amides is 1. The molecule has 206 valence electrons. The molecule has 0 bridgehead atoms. The van der Waals surface area contributed by atoms with Crippen LogP contribution < -0.4 is 4.90 Å². The number of benzene rings is 1. The second-order valence-electron chi connectivity index (χ2n) is 10.5. The average Bonchev–Trinajstić information content (AvgIpc) is 3.20. The standard InChI is InChI=1S/C26H35ClN6O4S/c1-18-15-22(34)24-23(18)25(29-17-28-24)31-9-11-32(12-10-31)26(35)21(19-3-5-20(27)6-4-19)16-30-7-13-33(14-8-30)38(2,36)37/h3-6,17-18,21-22,34H,7-16H2,1-2H3/t18-,21?,22-/m1/s1. The Morgan fingerprint density at radius 2 is 1.71 bits per heavy atom. The average molecular weight is 563 g/mol. The van der Waals surface area contributed by atoms with Gasteiger partial charge in [-0.15, -0.1) is 0 Å². The highest BCUT2D eigenvalue weighted by Crippen LogP contribution is 2.42. The fourth-order valence-electron chi connectivity index (χ4n) is 5.84. The molecular formula is C26H35ClN6O4S. The molecule has 0 spiro atoms. The number of halogens is 1. The second-order valence-corrected chi connectivity index (χ2v) is 12.9. The van der Waals surface area contributed by atoms with Crippen molar-refractivity contribution in [3.8, 4) is 0 Å². The van der Waals surface area contributed by atoms with E-state index in [0.29, 0.717) is 70.3 Å². The lowest BCUT2D eigenvalue weighted by atomic mass is 9.96. The minimum absolute atomic E-state index is 0.0641. The van der Waals surface area contributed by atoms with Crippen molar-refractivity contribution in [1.29, 1.82) is 0 Å². The molecule has 12 heteroatoms. The number of fused-ring (bicyclic) bond motifs is 1. The predicted octanol–water partition coefficient (Wildman–Crippen LogP) is 1.68. The first kappa shape index (κ1) is 27.3. The van der Waals surface area contributed by atoms with Crippen LogP contribution in [0.3, 0.4) is 0 Å². The van der Waals surface area contributed by atoms with Gasteiger partial charge in [-0.1, -0.05) is 30.7 Å². The number of carbonyl (C=O) groups is 1. The van der Waals surface area contributed by atoms with Gasteiger partial charge >= 0.3 is 0 Å². The summed E-state index contributed by atoms with van der Waals surface area (Å²) in [6, 6.07) is 7.43. The zero-order chi connectivity index (χ0) is 27.0. The molecule has 2 aliphatic heterocycles. The summed E-state index contributed by atoms with van der Waals surface area (Å²) in [6.45, 7) is 7.08. The Labute approximate surface area is 229 Å². The molecule has 1 unspecified atom stereocenters. The Kier molecular flexibility index (Phi) is 7.93. The third kappa shape index (κ3) is 5.67. The largest absolute Gasteiger partial charge is 0.387 e. The molecule has 0 radical (unpaired) electrons. The number of nitrogens with zero attached hydrogens (tertiary/aromatic N) is 6. The number of piperazine rings is 2. The van der Waals surface area contributed by atoms with Crippen molar-refractivity contribution < 1.29 is 18.3 Å². The fourth-order valence-corrected chi connectivity index (χ4v) is 6.79. The molecule has 1 aromatic carbocycles. The van der Waals surface area contributed by atoms with Crippen molar-refractivity contribution >= 4 is 33.3 Å². The lowest BCUT2D eigenvalue weighted by molar-refractivity contribution is -0.133. The zero-order valence-electron chi connectivity index (χ0n) is 21.8. The topological polar surface area (TPSA) is 110 Å². The third-order valence-electron chi connectivity index (χ3n) is 7.98. The van der Waals surface area contributed by atoms with E-state index in [0.717, 1.165) is 22.6 Å². The van der Waals surface area contributed by atoms with Gasteiger partial charge in [0.15, 0.2) is 0 Å². The summed E-state index contributed by atoms with van der Waals surface area (Å²) < 4.78 is 25.3. The number of anilines is 1. The highest BCUT2D eigenvalue weighted by Gasteiger charge is 2.36. The molecular weight excluding hydrogens is 528 g/mol. The first-order valence-electron chi connectivity index (χ1n) is 13.1. The summed E-state index contributed by atoms with van der Waals surface area (Å²) in [5, 5.41) is 11.0.